The molecule has 4 rings (SSSR count). The fourth-order valence-electron chi connectivity index (χ4n) is 4.57. The molecule has 0 bridgehead atoms. The summed E-state index contributed by atoms with van der Waals surface area (Å²) in [5.41, 5.74) is 4.02. The number of carbonyl (C=O) groups is 1. The van der Waals surface area contributed by atoms with E-state index in [0.29, 0.717) is 19.4 Å². The van der Waals surface area contributed by atoms with Crippen LogP contribution >= 0.6 is 0 Å². The molecule has 166 valence electrons. The molecular weight excluding hydrogens is 420 g/mol. The van der Waals surface area contributed by atoms with Crippen molar-refractivity contribution in [2.45, 2.75) is 43.5 Å². The Morgan fingerprint density at radius 2 is 1.59 bits per heavy atom. The van der Waals surface area contributed by atoms with E-state index < -0.39 is 10.0 Å². The highest BCUT2D eigenvalue weighted by Gasteiger charge is 2.30. The summed E-state index contributed by atoms with van der Waals surface area (Å²) in [6.45, 7) is 3.83. The summed E-state index contributed by atoms with van der Waals surface area (Å²) in [7, 11) is -3.65. The first-order valence-electron chi connectivity index (χ1n) is 10.9. The molecule has 1 atom stereocenters. The number of benzene rings is 3. The maximum atomic E-state index is 13.0. The molecule has 3 aromatic rings. The lowest BCUT2D eigenvalue weighted by Crippen LogP contribution is -2.33. The quantitative estimate of drug-likeness (QED) is 0.579. The minimum absolute atomic E-state index is 0.0298. The lowest BCUT2D eigenvalue weighted by atomic mass is 9.89. The highest BCUT2D eigenvalue weighted by atomic mass is 32.2. The molecule has 1 aliphatic rings. The monoisotopic (exact) mass is 448 g/mol. The van der Waals surface area contributed by atoms with E-state index in [1.54, 1.807) is 23.1 Å². The van der Waals surface area contributed by atoms with E-state index in [1.807, 2.05) is 43.3 Å². The van der Waals surface area contributed by atoms with Gasteiger partial charge in [-0.25, -0.2) is 13.1 Å². The van der Waals surface area contributed by atoms with Crippen LogP contribution in [0.3, 0.4) is 0 Å². The maximum Gasteiger partial charge on any atom is 0.240 e. The van der Waals surface area contributed by atoms with Gasteiger partial charge in [-0.2, -0.15) is 0 Å². The van der Waals surface area contributed by atoms with Gasteiger partial charge in [-0.3, -0.25) is 4.79 Å². The van der Waals surface area contributed by atoms with Crippen LogP contribution in [0.4, 0.5) is 5.69 Å². The molecule has 3 aromatic carbocycles. The number of anilines is 1. The second kappa shape index (κ2) is 9.27. The van der Waals surface area contributed by atoms with Crippen LogP contribution in [0.2, 0.25) is 0 Å². The van der Waals surface area contributed by atoms with Crippen molar-refractivity contribution in [3.8, 4) is 0 Å². The standard InChI is InChI=1S/C26H28N2O3S/c1-19-17-23-18-24(13-14-26(23)28(19)20(2)29)32(30,31)27-16-15-25(21-9-5-3-6-10-21)22-11-7-4-8-12-22/h3-14,18-19,25,27H,15-17H2,1-2H3. The van der Waals surface area contributed by atoms with Gasteiger partial charge in [0.15, 0.2) is 0 Å². The fraction of sp³-hybridized carbons (Fsp3) is 0.269. The van der Waals surface area contributed by atoms with E-state index in [-0.39, 0.29) is 22.8 Å². The van der Waals surface area contributed by atoms with Gasteiger partial charge in [-0.1, -0.05) is 60.7 Å². The molecular formula is C26H28N2O3S. The van der Waals surface area contributed by atoms with Gasteiger partial charge in [0, 0.05) is 31.1 Å². The largest absolute Gasteiger partial charge is 0.309 e. The van der Waals surface area contributed by atoms with Crippen LogP contribution in [0.25, 0.3) is 0 Å². The highest BCUT2D eigenvalue weighted by Crippen LogP contribution is 2.34. The molecule has 0 saturated heterocycles. The zero-order chi connectivity index (χ0) is 22.7. The van der Waals surface area contributed by atoms with Crippen molar-refractivity contribution in [1.29, 1.82) is 0 Å². The smallest absolute Gasteiger partial charge is 0.240 e. The molecule has 1 heterocycles. The highest BCUT2D eigenvalue weighted by molar-refractivity contribution is 7.89. The number of hydrogen-bond donors (Lipinski definition) is 1. The molecule has 6 heteroatoms. The zero-order valence-corrected chi connectivity index (χ0v) is 19.2. The Balaban J connectivity index is 1.50. The van der Waals surface area contributed by atoms with Crippen LogP contribution in [-0.4, -0.2) is 26.9 Å². The predicted molar refractivity (Wildman–Crippen MR) is 127 cm³/mol. The molecule has 1 aliphatic heterocycles. The van der Waals surface area contributed by atoms with Gasteiger partial charge in [0.2, 0.25) is 15.9 Å². The summed E-state index contributed by atoms with van der Waals surface area (Å²) in [4.78, 5) is 13.9. The fourth-order valence-corrected chi connectivity index (χ4v) is 5.67. The summed E-state index contributed by atoms with van der Waals surface area (Å²) >= 11 is 0. The van der Waals surface area contributed by atoms with Gasteiger partial charge in [0.25, 0.3) is 0 Å². The Bertz CT molecular complexity index is 1150. The third-order valence-corrected chi connectivity index (χ3v) is 7.50. The van der Waals surface area contributed by atoms with Gasteiger partial charge < -0.3 is 4.90 Å². The molecule has 0 spiro atoms. The van der Waals surface area contributed by atoms with Gasteiger partial charge >= 0.3 is 0 Å². The summed E-state index contributed by atoms with van der Waals surface area (Å²) < 4.78 is 28.8. The van der Waals surface area contributed by atoms with Crippen LogP contribution in [0.15, 0.2) is 83.8 Å². The van der Waals surface area contributed by atoms with Crippen LogP contribution in [0.5, 0.6) is 0 Å². The van der Waals surface area contributed by atoms with Gasteiger partial charge in [0.1, 0.15) is 0 Å². The average Bonchev–Trinajstić information content (AvgIpc) is 3.13. The van der Waals surface area contributed by atoms with Gasteiger partial charge in [-0.05, 0) is 54.7 Å². The molecule has 0 aromatic heterocycles. The van der Waals surface area contributed by atoms with E-state index >= 15 is 0 Å². The number of rotatable bonds is 7. The van der Waals surface area contributed by atoms with Crippen LogP contribution in [-0.2, 0) is 21.2 Å². The van der Waals surface area contributed by atoms with Gasteiger partial charge in [0.05, 0.1) is 4.90 Å². The summed E-state index contributed by atoms with van der Waals surface area (Å²) in [5.74, 6) is 0.0722. The topological polar surface area (TPSA) is 66.5 Å². The molecule has 1 N–H and O–H groups in total. The van der Waals surface area contributed by atoms with Crippen molar-refractivity contribution in [3.05, 3.63) is 95.6 Å². The molecule has 1 amide bonds. The van der Waals surface area contributed by atoms with E-state index in [1.165, 1.54) is 6.92 Å². The number of nitrogens with zero attached hydrogens (tertiary/aromatic N) is 1. The average molecular weight is 449 g/mol. The molecule has 0 fully saturated rings. The molecule has 1 unspecified atom stereocenters. The second-order valence-corrected chi connectivity index (χ2v) is 10.1. The number of carbonyl (C=O) groups excluding carboxylic acids is 1. The van der Waals surface area contributed by atoms with Crippen LogP contribution in [0, 0.1) is 0 Å². The molecule has 32 heavy (non-hydrogen) atoms. The van der Waals surface area contributed by atoms with Gasteiger partial charge in [-0.15, -0.1) is 0 Å². The normalized spacial score (nSPS) is 15.7. The second-order valence-electron chi connectivity index (χ2n) is 8.29. The number of fused-ring (bicyclic) bond motifs is 1. The van der Waals surface area contributed by atoms with E-state index in [4.69, 9.17) is 0 Å². The maximum absolute atomic E-state index is 13.0. The predicted octanol–water partition coefficient (Wildman–Crippen LogP) is 4.48. The SMILES string of the molecule is CC(=O)N1c2ccc(S(=O)(=O)NCCC(c3ccccc3)c3ccccc3)cc2CC1C. The Labute approximate surface area is 190 Å². The van der Waals surface area contributed by atoms with E-state index in [2.05, 4.69) is 29.0 Å². The van der Waals surface area contributed by atoms with Crippen molar-refractivity contribution < 1.29 is 13.2 Å². The molecule has 5 nitrogen and oxygen atoms in total. The van der Waals surface area contributed by atoms with Crippen molar-refractivity contribution in [2.75, 3.05) is 11.4 Å². The lowest BCUT2D eigenvalue weighted by molar-refractivity contribution is -0.116. The number of amides is 1. The third-order valence-electron chi connectivity index (χ3n) is 6.05. The summed E-state index contributed by atoms with van der Waals surface area (Å²) in [6, 6.07) is 25.4. The Morgan fingerprint density at radius 3 is 2.16 bits per heavy atom. The van der Waals surface area contributed by atoms with Crippen LogP contribution in [0.1, 0.15) is 42.9 Å². The Kier molecular flexibility index (Phi) is 6.44. The Hall–Kier alpha value is -2.96. The van der Waals surface area contributed by atoms with Crippen molar-refractivity contribution >= 4 is 21.6 Å². The van der Waals surface area contributed by atoms with Crippen molar-refractivity contribution in [1.82, 2.24) is 4.72 Å². The minimum atomic E-state index is -3.65. The Morgan fingerprint density at radius 1 is 1.00 bits per heavy atom. The number of hydrogen-bond acceptors (Lipinski definition) is 3. The minimum Gasteiger partial charge on any atom is -0.309 e. The summed E-state index contributed by atoms with van der Waals surface area (Å²) in [5, 5.41) is 0. The third kappa shape index (κ3) is 4.61. The molecule has 0 saturated carbocycles. The first-order chi connectivity index (χ1) is 15.4. The van der Waals surface area contributed by atoms with E-state index in [9.17, 15) is 13.2 Å². The van der Waals surface area contributed by atoms with Crippen molar-refractivity contribution in [3.63, 3.8) is 0 Å². The molecule has 0 aliphatic carbocycles. The number of sulfonamides is 1. The lowest BCUT2D eigenvalue weighted by Gasteiger charge is -2.20. The summed E-state index contributed by atoms with van der Waals surface area (Å²) in [6.07, 6.45) is 1.30. The first kappa shape index (κ1) is 22.2. The first-order valence-corrected chi connectivity index (χ1v) is 12.4. The number of nitrogens with one attached hydrogen (secondary N) is 1. The van der Waals surface area contributed by atoms with Crippen LogP contribution < -0.4 is 9.62 Å². The zero-order valence-electron chi connectivity index (χ0n) is 18.4. The molecule has 0 radical (unpaired) electrons. The van der Waals surface area contributed by atoms with Crippen molar-refractivity contribution in [2.24, 2.45) is 0 Å². The van der Waals surface area contributed by atoms with E-state index in [0.717, 1.165) is 22.4 Å².